The summed E-state index contributed by atoms with van der Waals surface area (Å²) < 4.78 is 0. The number of nitrogens with zero attached hydrogens (tertiary/aromatic N) is 2. The van der Waals surface area contributed by atoms with Crippen molar-refractivity contribution in [2.45, 2.75) is 6.42 Å². The van der Waals surface area contributed by atoms with Crippen LogP contribution in [0.15, 0.2) is 24.5 Å². The third kappa shape index (κ3) is 4.09. The van der Waals surface area contributed by atoms with Crippen LogP contribution < -0.4 is 0 Å². The maximum Gasteiger partial charge on any atom is 0.328 e. The number of rotatable bonds is 3. The minimum Gasteiger partial charge on any atom is -0.478 e. The fraction of sp³-hybridized carbons (Fsp3) is 0.357. The van der Waals surface area contributed by atoms with E-state index in [1.807, 2.05) is 16.7 Å². The van der Waals surface area contributed by atoms with Crippen LogP contribution in [0.2, 0.25) is 0 Å². The zero-order valence-electron chi connectivity index (χ0n) is 11.0. The van der Waals surface area contributed by atoms with Crippen LogP contribution in [0.3, 0.4) is 0 Å². The quantitative estimate of drug-likeness (QED) is 0.860. The largest absolute Gasteiger partial charge is 0.478 e. The summed E-state index contributed by atoms with van der Waals surface area (Å²) in [4.78, 5) is 28.7. The summed E-state index contributed by atoms with van der Waals surface area (Å²) in [6, 6.07) is 1.67. The Balaban J connectivity index is 2.13. The fourth-order valence-corrected chi connectivity index (χ4v) is 2.85. The first-order chi connectivity index (χ1) is 9.66. The molecule has 1 aromatic heterocycles. The van der Waals surface area contributed by atoms with Crippen molar-refractivity contribution in [2.75, 3.05) is 24.6 Å². The molecule has 0 unspecified atom stereocenters. The summed E-state index contributed by atoms with van der Waals surface area (Å²) >= 11 is 1.86. The van der Waals surface area contributed by atoms with Gasteiger partial charge in [0.25, 0.3) is 5.91 Å². The molecule has 5 nitrogen and oxygen atoms in total. The Morgan fingerprint density at radius 2 is 2.15 bits per heavy atom. The van der Waals surface area contributed by atoms with E-state index < -0.39 is 5.97 Å². The molecule has 1 aliphatic heterocycles. The number of thioether (sulfide) groups is 1. The molecule has 0 aliphatic carbocycles. The third-order valence-corrected chi connectivity index (χ3v) is 3.98. The number of hydrogen-bond donors (Lipinski definition) is 1. The minimum absolute atomic E-state index is 0.0365. The number of amides is 1. The van der Waals surface area contributed by atoms with Gasteiger partial charge in [-0.2, -0.15) is 11.8 Å². The number of pyridine rings is 1. The zero-order valence-corrected chi connectivity index (χ0v) is 11.8. The van der Waals surface area contributed by atoms with E-state index in [-0.39, 0.29) is 5.91 Å². The second-order valence-electron chi connectivity index (χ2n) is 4.44. The van der Waals surface area contributed by atoms with E-state index >= 15 is 0 Å². The second-order valence-corrected chi connectivity index (χ2v) is 5.66. The lowest BCUT2D eigenvalue weighted by atomic mass is 10.1. The highest BCUT2D eigenvalue weighted by Crippen LogP contribution is 2.14. The van der Waals surface area contributed by atoms with Gasteiger partial charge in [0.15, 0.2) is 0 Å². The SMILES string of the molecule is O=C(O)C=Cc1cncc(C(=O)N2CCCSCC2)c1. The maximum atomic E-state index is 12.4. The van der Waals surface area contributed by atoms with Crippen LogP contribution in [0, 0.1) is 0 Å². The molecule has 1 saturated heterocycles. The van der Waals surface area contributed by atoms with Crippen LogP contribution in [-0.4, -0.2) is 51.5 Å². The first-order valence-electron chi connectivity index (χ1n) is 6.40. The first-order valence-corrected chi connectivity index (χ1v) is 7.55. The van der Waals surface area contributed by atoms with Gasteiger partial charge in [0, 0.05) is 37.3 Å². The molecule has 1 amide bonds. The van der Waals surface area contributed by atoms with E-state index in [0.29, 0.717) is 11.1 Å². The van der Waals surface area contributed by atoms with Gasteiger partial charge in [-0.3, -0.25) is 9.78 Å². The van der Waals surface area contributed by atoms with Crippen molar-refractivity contribution in [1.29, 1.82) is 0 Å². The summed E-state index contributed by atoms with van der Waals surface area (Å²) in [5.41, 5.74) is 1.12. The number of carboxylic acid groups (broad SMARTS) is 1. The van der Waals surface area contributed by atoms with Gasteiger partial charge in [0.2, 0.25) is 0 Å². The molecule has 0 aromatic carbocycles. The normalized spacial score (nSPS) is 16.1. The number of carboxylic acids is 1. The van der Waals surface area contributed by atoms with E-state index in [1.54, 1.807) is 6.07 Å². The van der Waals surface area contributed by atoms with E-state index in [4.69, 9.17) is 5.11 Å². The predicted molar refractivity (Wildman–Crippen MR) is 78.8 cm³/mol. The molecule has 2 rings (SSSR count). The van der Waals surface area contributed by atoms with Gasteiger partial charge in [-0.05, 0) is 29.9 Å². The van der Waals surface area contributed by atoms with Crippen molar-refractivity contribution in [3.63, 3.8) is 0 Å². The van der Waals surface area contributed by atoms with E-state index in [1.165, 1.54) is 18.5 Å². The molecular weight excluding hydrogens is 276 g/mol. The van der Waals surface area contributed by atoms with Crippen molar-refractivity contribution in [2.24, 2.45) is 0 Å². The lowest BCUT2D eigenvalue weighted by Crippen LogP contribution is -2.33. The van der Waals surface area contributed by atoms with Gasteiger partial charge in [0.05, 0.1) is 5.56 Å². The van der Waals surface area contributed by atoms with Crippen molar-refractivity contribution in [3.8, 4) is 0 Å². The van der Waals surface area contributed by atoms with Crippen LogP contribution in [0.25, 0.3) is 6.08 Å². The molecule has 0 saturated carbocycles. The summed E-state index contributed by atoms with van der Waals surface area (Å²) in [6.07, 6.45) is 6.54. The van der Waals surface area contributed by atoms with Gasteiger partial charge in [-0.15, -0.1) is 0 Å². The lowest BCUT2D eigenvalue weighted by molar-refractivity contribution is -0.131. The van der Waals surface area contributed by atoms with Gasteiger partial charge in [-0.1, -0.05) is 0 Å². The molecule has 1 N–H and O–H groups in total. The smallest absolute Gasteiger partial charge is 0.328 e. The van der Waals surface area contributed by atoms with Crippen LogP contribution in [0.1, 0.15) is 22.3 Å². The number of aliphatic carboxylic acids is 1. The van der Waals surface area contributed by atoms with Crippen molar-refractivity contribution >= 4 is 29.7 Å². The van der Waals surface area contributed by atoms with Gasteiger partial charge < -0.3 is 10.0 Å². The summed E-state index contributed by atoms with van der Waals surface area (Å²) in [5.74, 6) is 0.984. The van der Waals surface area contributed by atoms with E-state index in [9.17, 15) is 9.59 Å². The highest BCUT2D eigenvalue weighted by Gasteiger charge is 2.17. The fourth-order valence-electron chi connectivity index (χ4n) is 1.97. The van der Waals surface area contributed by atoms with Gasteiger partial charge in [-0.25, -0.2) is 4.79 Å². The highest BCUT2D eigenvalue weighted by atomic mass is 32.2. The number of aromatic nitrogens is 1. The minimum atomic E-state index is -1.02. The molecule has 1 fully saturated rings. The Hall–Kier alpha value is -1.82. The number of carbonyl (C=O) groups is 2. The average Bonchev–Trinajstić information content (AvgIpc) is 2.73. The molecule has 6 heteroatoms. The van der Waals surface area contributed by atoms with Gasteiger partial charge in [0.1, 0.15) is 0 Å². The summed E-state index contributed by atoms with van der Waals surface area (Å²) in [7, 11) is 0. The number of carbonyl (C=O) groups excluding carboxylic acids is 1. The summed E-state index contributed by atoms with van der Waals surface area (Å²) in [6.45, 7) is 1.51. The maximum absolute atomic E-state index is 12.4. The average molecular weight is 292 g/mol. The molecule has 2 heterocycles. The lowest BCUT2D eigenvalue weighted by Gasteiger charge is -2.19. The first kappa shape index (κ1) is 14.6. The topological polar surface area (TPSA) is 70.5 Å². The molecule has 106 valence electrons. The van der Waals surface area contributed by atoms with E-state index in [2.05, 4.69) is 4.98 Å². The van der Waals surface area contributed by atoms with Crippen LogP contribution in [0.5, 0.6) is 0 Å². The Bertz CT molecular complexity index is 523. The molecular formula is C14H16N2O3S. The Morgan fingerprint density at radius 3 is 2.95 bits per heavy atom. The third-order valence-electron chi connectivity index (χ3n) is 2.93. The molecule has 0 atom stereocenters. The summed E-state index contributed by atoms with van der Waals surface area (Å²) in [5, 5.41) is 8.60. The molecule has 1 aromatic rings. The molecule has 0 bridgehead atoms. The molecule has 0 spiro atoms. The Labute approximate surface area is 121 Å². The van der Waals surface area contributed by atoms with Crippen LogP contribution in [0.4, 0.5) is 0 Å². The van der Waals surface area contributed by atoms with Crippen LogP contribution in [-0.2, 0) is 4.79 Å². The van der Waals surface area contributed by atoms with Crippen molar-refractivity contribution < 1.29 is 14.7 Å². The monoisotopic (exact) mass is 292 g/mol. The Kier molecular flexibility index (Phi) is 5.17. The zero-order chi connectivity index (χ0) is 14.4. The Morgan fingerprint density at radius 1 is 1.30 bits per heavy atom. The van der Waals surface area contributed by atoms with Gasteiger partial charge >= 0.3 is 5.97 Å². The van der Waals surface area contributed by atoms with Crippen molar-refractivity contribution in [1.82, 2.24) is 9.88 Å². The molecule has 1 aliphatic rings. The predicted octanol–water partition coefficient (Wildman–Crippen LogP) is 1.76. The molecule has 20 heavy (non-hydrogen) atoms. The second kappa shape index (κ2) is 7.09. The highest BCUT2D eigenvalue weighted by molar-refractivity contribution is 7.99. The van der Waals surface area contributed by atoms with Crippen LogP contribution >= 0.6 is 11.8 Å². The standard InChI is InChI=1S/C14H16N2O3S/c17-13(18)3-2-11-8-12(10-15-9-11)14(19)16-4-1-6-20-7-5-16/h2-3,8-10H,1,4-7H2,(H,17,18). The van der Waals surface area contributed by atoms with Crippen molar-refractivity contribution in [3.05, 3.63) is 35.7 Å². The van der Waals surface area contributed by atoms with E-state index in [0.717, 1.165) is 37.1 Å². The number of hydrogen-bond acceptors (Lipinski definition) is 4. The molecule has 0 radical (unpaired) electrons.